The number of ether oxygens (including phenoxy) is 1. The summed E-state index contributed by atoms with van der Waals surface area (Å²) in [7, 11) is 0.496. The van der Waals surface area contributed by atoms with Crippen LogP contribution < -0.4 is 10.2 Å². The SMILES string of the molecule is COc1cc(C#N)cc(B2OC(C)(C)C(C)(C)O2)c1F. The van der Waals surface area contributed by atoms with Crippen molar-refractivity contribution in [1.29, 1.82) is 5.26 Å². The lowest BCUT2D eigenvalue weighted by atomic mass is 9.77. The molecule has 0 aliphatic carbocycles. The Morgan fingerprint density at radius 1 is 1.20 bits per heavy atom. The fourth-order valence-corrected chi connectivity index (χ4v) is 1.97. The monoisotopic (exact) mass is 277 g/mol. The average Bonchev–Trinajstić information content (AvgIpc) is 2.58. The number of nitrogens with zero attached hydrogens (tertiary/aromatic N) is 1. The van der Waals surface area contributed by atoms with E-state index in [4.69, 9.17) is 19.3 Å². The van der Waals surface area contributed by atoms with Gasteiger partial charge >= 0.3 is 7.12 Å². The van der Waals surface area contributed by atoms with Crippen LogP contribution in [0, 0.1) is 17.1 Å². The molecular formula is C14H17BFNO3. The Labute approximate surface area is 118 Å². The van der Waals surface area contributed by atoms with Crippen molar-refractivity contribution in [1.82, 2.24) is 0 Å². The number of rotatable bonds is 2. The molecule has 0 amide bonds. The zero-order valence-corrected chi connectivity index (χ0v) is 12.3. The first kappa shape index (κ1) is 14.8. The predicted molar refractivity (Wildman–Crippen MR) is 73.4 cm³/mol. The molecule has 1 saturated heterocycles. The van der Waals surface area contributed by atoms with E-state index in [2.05, 4.69) is 0 Å². The van der Waals surface area contributed by atoms with Crippen molar-refractivity contribution in [3.63, 3.8) is 0 Å². The van der Waals surface area contributed by atoms with Gasteiger partial charge in [0.25, 0.3) is 0 Å². The van der Waals surface area contributed by atoms with Gasteiger partial charge in [-0.1, -0.05) is 0 Å². The number of methoxy groups -OCH3 is 1. The van der Waals surface area contributed by atoms with Crippen LogP contribution in [0.1, 0.15) is 33.3 Å². The van der Waals surface area contributed by atoms with Crippen molar-refractivity contribution in [2.45, 2.75) is 38.9 Å². The van der Waals surface area contributed by atoms with E-state index in [1.807, 2.05) is 33.8 Å². The van der Waals surface area contributed by atoms with Crippen LogP contribution in [0.2, 0.25) is 0 Å². The standard InChI is InChI=1S/C14H17BFNO3/c1-13(2)14(3,4)20-15(19-13)10-6-9(8-17)7-11(18-5)12(10)16/h6-7H,1-5H3. The molecule has 0 atom stereocenters. The van der Waals surface area contributed by atoms with E-state index < -0.39 is 24.1 Å². The molecule has 2 rings (SSSR count). The van der Waals surface area contributed by atoms with Crippen molar-refractivity contribution < 1.29 is 18.4 Å². The van der Waals surface area contributed by atoms with Crippen LogP contribution in [0.5, 0.6) is 5.75 Å². The summed E-state index contributed by atoms with van der Waals surface area (Å²) in [5, 5.41) is 9.01. The van der Waals surface area contributed by atoms with Gasteiger partial charge in [-0.3, -0.25) is 0 Å². The van der Waals surface area contributed by atoms with E-state index in [0.29, 0.717) is 5.56 Å². The molecule has 1 aromatic rings. The quantitative estimate of drug-likeness (QED) is 0.776. The largest absolute Gasteiger partial charge is 0.498 e. The molecule has 4 nitrogen and oxygen atoms in total. The Kier molecular flexibility index (Phi) is 3.53. The van der Waals surface area contributed by atoms with E-state index >= 15 is 0 Å². The lowest BCUT2D eigenvalue weighted by Gasteiger charge is -2.32. The van der Waals surface area contributed by atoms with E-state index in [1.54, 1.807) is 0 Å². The first-order chi connectivity index (χ1) is 9.21. The van der Waals surface area contributed by atoms with Gasteiger partial charge in [0.1, 0.15) is 0 Å². The summed E-state index contributed by atoms with van der Waals surface area (Å²) in [6.45, 7) is 7.54. The van der Waals surface area contributed by atoms with E-state index in [9.17, 15) is 4.39 Å². The summed E-state index contributed by atoms with van der Waals surface area (Å²) in [6, 6.07) is 4.76. The zero-order valence-electron chi connectivity index (χ0n) is 12.3. The van der Waals surface area contributed by atoms with Crippen LogP contribution in [-0.4, -0.2) is 25.4 Å². The Bertz CT molecular complexity index is 565. The summed E-state index contributed by atoms with van der Waals surface area (Å²) in [6.07, 6.45) is 0. The fourth-order valence-electron chi connectivity index (χ4n) is 1.97. The maximum atomic E-state index is 14.4. The third kappa shape index (κ3) is 2.28. The molecule has 1 aliphatic rings. The van der Waals surface area contributed by atoms with Gasteiger partial charge in [0, 0.05) is 11.5 Å². The average molecular weight is 277 g/mol. The smallest absolute Gasteiger partial charge is 0.494 e. The molecule has 6 heteroatoms. The highest BCUT2D eigenvalue weighted by Gasteiger charge is 2.52. The topological polar surface area (TPSA) is 51.5 Å². The molecule has 0 unspecified atom stereocenters. The molecule has 106 valence electrons. The minimum atomic E-state index is -0.859. The number of hydrogen-bond donors (Lipinski definition) is 0. The van der Waals surface area contributed by atoms with Crippen LogP contribution in [-0.2, 0) is 9.31 Å². The minimum Gasteiger partial charge on any atom is -0.494 e. The second kappa shape index (κ2) is 4.76. The van der Waals surface area contributed by atoms with Crippen LogP contribution in [0.3, 0.4) is 0 Å². The Morgan fingerprint density at radius 3 is 2.20 bits per heavy atom. The predicted octanol–water partition coefficient (Wildman–Crippen LogP) is 2.01. The molecule has 0 spiro atoms. The number of nitriles is 1. The Morgan fingerprint density at radius 2 is 1.75 bits per heavy atom. The summed E-state index contributed by atoms with van der Waals surface area (Å²) < 4.78 is 30.9. The van der Waals surface area contributed by atoms with Gasteiger partial charge in [0.05, 0.1) is 29.9 Å². The highest BCUT2D eigenvalue weighted by molar-refractivity contribution is 6.62. The van der Waals surface area contributed by atoms with Crippen molar-refractivity contribution in [3.05, 3.63) is 23.5 Å². The molecule has 0 N–H and O–H groups in total. The van der Waals surface area contributed by atoms with Gasteiger partial charge in [-0.15, -0.1) is 0 Å². The fraction of sp³-hybridized carbons (Fsp3) is 0.500. The lowest BCUT2D eigenvalue weighted by Crippen LogP contribution is -2.41. The van der Waals surface area contributed by atoms with Crippen molar-refractivity contribution in [2.24, 2.45) is 0 Å². The Hall–Kier alpha value is -1.58. The van der Waals surface area contributed by atoms with Gasteiger partial charge in [-0.25, -0.2) is 4.39 Å². The van der Waals surface area contributed by atoms with Crippen LogP contribution in [0.25, 0.3) is 0 Å². The van der Waals surface area contributed by atoms with Crippen LogP contribution in [0.4, 0.5) is 4.39 Å². The van der Waals surface area contributed by atoms with Crippen molar-refractivity contribution in [2.75, 3.05) is 7.11 Å². The first-order valence-electron chi connectivity index (χ1n) is 6.35. The summed E-state index contributed by atoms with van der Waals surface area (Å²) in [5.41, 5.74) is -0.660. The molecule has 1 fully saturated rings. The molecule has 0 saturated carbocycles. The number of benzene rings is 1. The van der Waals surface area contributed by atoms with Gasteiger partial charge in [-0.05, 0) is 33.8 Å². The highest BCUT2D eigenvalue weighted by atomic mass is 19.1. The summed E-state index contributed by atoms with van der Waals surface area (Å²) >= 11 is 0. The van der Waals surface area contributed by atoms with Crippen LogP contribution in [0.15, 0.2) is 12.1 Å². The van der Waals surface area contributed by atoms with Crippen LogP contribution >= 0.6 is 0 Å². The number of hydrogen-bond acceptors (Lipinski definition) is 4. The van der Waals surface area contributed by atoms with Gasteiger partial charge in [0.2, 0.25) is 0 Å². The van der Waals surface area contributed by atoms with Gasteiger partial charge in [0.15, 0.2) is 11.6 Å². The third-order valence-corrected chi connectivity index (χ3v) is 3.92. The van der Waals surface area contributed by atoms with Crippen molar-refractivity contribution in [3.8, 4) is 11.8 Å². The second-order valence-electron chi connectivity index (χ2n) is 5.78. The van der Waals surface area contributed by atoms with E-state index in [1.165, 1.54) is 19.2 Å². The zero-order chi connectivity index (χ0) is 15.1. The molecule has 0 radical (unpaired) electrons. The van der Waals surface area contributed by atoms with E-state index in [0.717, 1.165) is 0 Å². The first-order valence-corrected chi connectivity index (χ1v) is 6.35. The normalized spacial score (nSPS) is 19.8. The maximum Gasteiger partial charge on any atom is 0.498 e. The highest BCUT2D eigenvalue weighted by Crippen LogP contribution is 2.37. The van der Waals surface area contributed by atoms with Gasteiger partial charge < -0.3 is 14.0 Å². The molecular weight excluding hydrogens is 260 g/mol. The summed E-state index contributed by atoms with van der Waals surface area (Å²) in [5.74, 6) is -0.557. The van der Waals surface area contributed by atoms with E-state index in [-0.39, 0.29) is 11.2 Å². The minimum absolute atomic E-state index is 0.00811. The molecule has 1 heterocycles. The molecule has 0 bridgehead atoms. The molecule has 1 aliphatic heterocycles. The molecule has 20 heavy (non-hydrogen) atoms. The molecule has 1 aromatic carbocycles. The van der Waals surface area contributed by atoms with Gasteiger partial charge in [-0.2, -0.15) is 5.26 Å². The third-order valence-electron chi connectivity index (χ3n) is 3.92. The Balaban J connectivity index is 2.47. The maximum absolute atomic E-state index is 14.4. The number of halogens is 1. The second-order valence-corrected chi connectivity index (χ2v) is 5.78. The molecule has 0 aromatic heterocycles. The summed E-state index contributed by atoms with van der Waals surface area (Å²) in [4.78, 5) is 0. The lowest BCUT2D eigenvalue weighted by molar-refractivity contribution is 0.00578. The van der Waals surface area contributed by atoms with Crippen molar-refractivity contribution >= 4 is 12.6 Å².